The lowest BCUT2D eigenvalue weighted by molar-refractivity contribution is -0.158. The minimum Gasteiger partial charge on any atom is -0.349 e. The Morgan fingerprint density at radius 3 is 2.41 bits per heavy atom. The van der Waals surface area contributed by atoms with Crippen LogP contribution in [-0.2, 0) is 34.0 Å². The molecule has 0 radical (unpaired) electrons. The normalized spacial score (nSPS) is 17.1. The fourth-order valence-corrected chi connectivity index (χ4v) is 5.66. The highest BCUT2D eigenvalue weighted by molar-refractivity contribution is 7.89. The van der Waals surface area contributed by atoms with Gasteiger partial charge in [0, 0.05) is 6.54 Å². The quantitative estimate of drug-likeness (QED) is 0.336. The fourth-order valence-electron chi connectivity index (χ4n) is 4.39. The van der Waals surface area contributed by atoms with Crippen molar-refractivity contribution in [2.45, 2.75) is 75.4 Å². The highest BCUT2D eigenvalue weighted by Crippen LogP contribution is 2.33. The third-order valence-electron chi connectivity index (χ3n) is 6.29. The fraction of sp³-hybridized carbons (Fsp3) is 0.500. The summed E-state index contributed by atoms with van der Waals surface area (Å²) in [5.74, 6) is -0.554. The Labute approximate surface area is 223 Å². The highest BCUT2D eigenvalue weighted by atomic mass is 32.2. The van der Waals surface area contributed by atoms with Crippen LogP contribution >= 0.6 is 0 Å². The maximum Gasteiger partial charge on any atom is 0.416 e. The molecule has 2 atom stereocenters. The molecule has 6 nitrogen and oxygen atoms in total. The number of carbonyl (C=O) groups excluding carboxylic acids is 1. The molecule has 3 rings (SSSR count). The molecule has 0 unspecified atom stereocenters. The van der Waals surface area contributed by atoms with Gasteiger partial charge in [0.2, 0.25) is 15.9 Å². The summed E-state index contributed by atoms with van der Waals surface area (Å²) in [5.41, 5.74) is 1.48. The molecule has 3 N–H and O–H groups in total. The molecule has 0 fully saturated rings. The molecule has 0 saturated carbocycles. The Hall–Kier alpha value is -2.64. The molecule has 0 spiro atoms. The molecule has 1 aliphatic rings. The number of rotatable bonds is 10. The zero-order chi connectivity index (χ0) is 29.0. The summed E-state index contributed by atoms with van der Waals surface area (Å²) < 4.78 is 106. The third-order valence-corrected chi connectivity index (χ3v) is 7.76. The Balaban J connectivity index is 1.71. The first kappa shape index (κ1) is 30.9. The van der Waals surface area contributed by atoms with Crippen molar-refractivity contribution < 1.29 is 39.6 Å². The third kappa shape index (κ3) is 8.67. The van der Waals surface area contributed by atoms with Crippen molar-refractivity contribution in [2.24, 2.45) is 5.92 Å². The van der Waals surface area contributed by atoms with Crippen molar-refractivity contribution in [3.63, 3.8) is 0 Å². The van der Waals surface area contributed by atoms with Crippen LogP contribution < -0.4 is 15.4 Å². The van der Waals surface area contributed by atoms with E-state index >= 15 is 0 Å². The van der Waals surface area contributed by atoms with Gasteiger partial charge < -0.3 is 10.6 Å². The first-order valence-corrected chi connectivity index (χ1v) is 13.9. The summed E-state index contributed by atoms with van der Waals surface area (Å²) >= 11 is 0. The first-order valence-electron chi connectivity index (χ1n) is 12.4. The SMILES string of the molecule is CC(C)CNCc1ccc2c(c1)CCC[C@H]2NC(=O)C[C@H](NS(=O)(=O)c1cccc(C(F)(F)F)c1)C(F)(F)F. The van der Waals surface area contributed by atoms with Crippen LogP contribution in [0.4, 0.5) is 26.3 Å². The summed E-state index contributed by atoms with van der Waals surface area (Å²) in [7, 11) is -5.03. The minimum absolute atomic E-state index is 0.238. The molecule has 39 heavy (non-hydrogen) atoms. The van der Waals surface area contributed by atoms with E-state index in [4.69, 9.17) is 0 Å². The molecule has 216 valence electrons. The molecule has 1 aliphatic carbocycles. The van der Waals surface area contributed by atoms with Gasteiger partial charge in [-0.05, 0) is 66.6 Å². The van der Waals surface area contributed by atoms with Gasteiger partial charge in [-0.1, -0.05) is 38.1 Å². The number of hydrogen-bond donors (Lipinski definition) is 3. The number of sulfonamides is 1. The van der Waals surface area contributed by atoms with Gasteiger partial charge in [0.15, 0.2) is 0 Å². The van der Waals surface area contributed by atoms with E-state index < -0.39 is 57.2 Å². The van der Waals surface area contributed by atoms with Crippen LogP contribution in [0.3, 0.4) is 0 Å². The van der Waals surface area contributed by atoms with Crippen molar-refractivity contribution >= 4 is 15.9 Å². The second-order valence-corrected chi connectivity index (χ2v) is 11.7. The van der Waals surface area contributed by atoms with E-state index in [-0.39, 0.29) is 6.07 Å². The molecule has 13 heteroatoms. The number of alkyl halides is 6. The lowest BCUT2D eigenvalue weighted by Gasteiger charge is -2.28. The minimum atomic E-state index is -5.17. The number of halogens is 6. The van der Waals surface area contributed by atoms with E-state index in [1.165, 1.54) is 4.72 Å². The van der Waals surface area contributed by atoms with Crippen LogP contribution in [0.5, 0.6) is 0 Å². The van der Waals surface area contributed by atoms with Gasteiger partial charge in [-0.3, -0.25) is 4.79 Å². The molecule has 2 aromatic rings. The molecule has 0 bridgehead atoms. The summed E-state index contributed by atoms with van der Waals surface area (Å²) in [6.07, 6.45) is -9.39. The van der Waals surface area contributed by atoms with Gasteiger partial charge in [0.25, 0.3) is 0 Å². The Kier molecular flexibility index (Phi) is 9.71. The average Bonchev–Trinajstić information content (AvgIpc) is 2.82. The average molecular weight is 580 g/mol. The molecular weight excluding hydrogens is 548 g/mol. The van der Waals surface area contributed by atoms with Crippen molar-refractivity contribution in [3.8, 4) is 0 Å². The van der Waals surface area contributed by atoms with E-state index in [1.807, 2.05) is 18.2 Å². The summed E-state index contributed by atoms with van der Waals surface area (Å²) in [6.45, 7) is 5.68. The van der Waals surface area contributed by atoms with Crippen LogP contribution in [0.25, 0.3) is 0 Å². The standard InChI is InChI=1S/C26H31F6N3O3S/c1-16(2)14-33-15-17-9-10-21-18(11-17)5-3-8-22(21)34-24(36)13-23(26(30,31)32)35-39(37,38)20-7-4-6-19(12-20)25(27,28)29/h4,6-7,9-12,16,22-23,33,35H,3,5,8,13-15H2,1-2H3,(H,34,36)/t22-,23+/m1/s1. The lowest BCUT2D eigenvalue weighted by Crippen LogP contribution is -2.48. The summed E-state index contributed by atoms with van der Waals surface area (Å²) in [6, 6.07) is 4.70. The number of amides is 1. The smallest absolute Gasteiger partial charge is 0.349 e. The molecule has 1 amide bonds. The second kappa shape index (κ2) is 12.3. The van der Waals surface area contributed by atoms with Crippen LogP contribution in [0.2, 0.25) is 0 Å². The zero-order valence-corrected chi connectivity index (χ0v) is 22.2. The molecule has 0 heterocycles. The largest absolute Gasteiger partial charge is 0.416 e. The van der Waals surface area contributed by atoms with Gasteiger partial charge >= 0.3 is 12.4 Å². The summed E-state index contributed by atoms with van der Waals surface area (Å²) in [4.78, 5) is 11.7. The number of fused-ring (bicyclic) bond motifs is 1. The lowest BCUT2D eigenvalue weighted by atomic mass is 9.86. The number of carbonyl (C=O) groups is 1. The second-order valence-electron chi connectivity index (χ2n) is 10.0. The van der Waals surface area contributed by atoms with Gasteiger partial charge in [-0.25, -0.2) is 8.42 Å². The molecule has 0 saturated heterocycles. The first-order chi connectivity index (χ1) is 18.1. The monoisotopic (exact) mass is 579 g/mol. The highest BCUT2D eigenvalue weighted by Gasteiger charge is 2.44. The number of hydrogen-bond acceptors (Lipinski definition) is 4. The maximum atomic E-state index is 13.7. The van der Waals surface area contributed by atoms with Gasteiger partial charge in [-0.15, -0.1) is 0 Å². The van der Waals surface area contributed by atoms with Crippen LogP contribution in [0.15, 0.2) is 47.4 Å². The van der Waals surface area contributed by atoms with Crippen molar-refractivity contribution in [3.05, 3.63) is 64.7 Å². The maximum absolute atomic E-state index is 13.7. The van der Waals surface area contributed by atoms with Crippen molar-refractivity contribution in [2.75, 3.05) is 6.54 Å². The molecule has 0 aliphatic heterocycles. The predicted octanol–water partition coefficient (Wildman–Crippen LogP) is 5.24. The predicted molar refractivity (Wildman–Crippen MR) is 133 cm³/mol. The van der Waals surface area contributed by atoms with E-state index in [2.05, 4.69) is 24.5 Å². The Morgan fingerprint density at radius 1 is 1.05 bits per heavy atom. The van der Waals surface area contributed by atoms with Crippen LogP contribution in [0.1, 0.15) is 61.4 Å². The van der Waals surface area contributed by atoms with Gasteiger partial charge in [0.1, 0.15) is 6.04 Å². The number of aryl methyl sites for hydroxylation is 1. The van der Waals surface area contributed by atoms with Crippen molar-refractivity contribution in [1.82, 2.24) is 15.4 Å². The number of nitrogens with one attached hydrogen (secondary N) is 3. The topological polar surface area (TPSA) is 87.3 Å². The Morgan fingerprint density at radius 2 is 1.77 bits per heavy atom. The molecule has 2 aromatic carbocycles. The van der Waals surface area contributed by atoms with Crippen LogP contribution in [-0.4, -0.2) is 33.1 Å². The molecular formula is C26H31F6N3O3S. The Bertz CT molecular complexity index is 1260. The van der Waals surface area contributed by atoms with E-state index in [0.717, 1.165) is 41.8 Å². The van der Waals surface area contributed by atoms with E-state index in [1.54, 1.807) is 0 Å². The van der Waals surface area contributed by atoms with Crippen LogP contribution in [0, 0.1) is 5.92 Å². The number of benzene rings is 2. The van der Waals surface area contributed by atoms with Crippen molar-refractivity contribution in [1.29, 1.82) is 0 Å². The van der Waals surface area contributed by atoms with Gasteiger partial charge in [0.05, 0.1) is 22.9 Å². The summed E-state index contributed by atoms with van der Waals surface area (Å²) in [5, 5.41) is 5.91. The zero-order valence-electron chi connectivity index (χ0n) is 21.4. The van der Waals surface area contributed by atoms with E-state index in [9.17, 15) is 39.6 Å². The molecule has 0 aromatic heterocycles. The van der Waals surface area contributed by atoms with E-state index in [0.29, 0.717) is 31.4 Å². The van der Waals surface area contributed by atoms with Gasteiger partial charge in [-0.2, -0.15) is 31.1 Å².